The highest BCUT2D eigenvalue weighted by Gasteiger charge is 2.19. The summed E-state index contributed by atoms with van der Waals surface area (Å²) >= 11 is 1.83. The molecule has 0 bridgehead atoms. The molecule has 0 saturated carbocycles. The second kappa shape index (κ2) is 12.4. The fourth-order valence-electron chi connectivity index (χ4n) is 9.23. The van der Waals surface area contributed by atoms with E-state index in [0.717, 1.165) is 55.7 Å². The molecule has 0 aliphatic heterocycles. The predicted octanol–water partition coefficient (Wildman–Crippen LogP) is 15.1. The van der Waals surface area contributed by atoms with Crippen LogP contribution in [0.2, 0.25) is 0 Å². The number of para-hydroxylation sites is 1. The Labute approximate surface area is 341 Å². The molecule has 0 radical (unpaired) electrons. The van der Waals surface area contributed by atoms with Gasteiger partial charge < -0.3 is 8.98 Å². The Bertz CT molecular complexity index is 3630. The summed E-state index contributed by atoms with van der Waals surface area (Å²) in [4.78, 5) is 10.6. The molecule has 0 amide bonds. The first-order chi connectivity index (χ1) is 29.2. The summed E-state index contributed by atoms with van der Waals surface area (Å²) in [6.45, 7) is 0. The number of hydrogen-bond acceptors (Lipinski definition) is 4. The van der Waals surface area contributed by atoms with Gasteiger partial charge in [-0.1, -0.05) is 103 Å². The second-order valence-corrected chi connectivity index (χ2v) is 16.4. The summed E-state index contributed by atoms with van der Waals surface area (Å²) in [5, 5.41) is 12.2. The number of rotatable bonds is 4. The van der Waals surface area contributed by atoms with Crippen molar-refractivity contribution in [3.8, 4) is 39.6 Å². The summed E-state index contributed by atoms with van der Waals surface area (Å²) in [5.41, 5.74) is 9.95. The Morgan fingerprint density at radius 1 is 0.390 bits per heavy atom. The van der Waals surface area contributed by atoms with Crippen LogP contribution in [-0.2, 0) is 0 Å². The van der Waals surface area contributed by atoms with Crippen molar-refractivity contribution in [3.63, 3.8) is 0 Å². The molecular weight excluding hydrogens is 739 g/mol. The van der Waals surface area contributed by atoms with Crippen LogP contribution in [0.5, 0.6) is 0 Å². The maximum Gasteiger partial charge on any atom is 0.160 e. The minimum Gasteiger partial charge on any atom is -0.456 e. The van der Waals surface area contributed by atoms with E-state index in [0.29, 0.717) is 5.82 Å². The Hall–Kier alpha value is -7.60. The van der Waals surface area contributed by atoms with E-state index in [2.05, 4.69) is 180 Å². The van der Waals surface area contributed by atoms with E-state index in [1.807, 2.05) is 23.5 Å². The number of fused-ring (bicyclic) bond motifs is 13. The van der Waals surface area contributed by atoms with Gasteiger partial charge >= 0.3 is 0 Å². The van der Waals surface area contributed by atoms with Crippen LogP contribution in [0.4, 0.5) is 0 Å². The minimum absolute atomic E-state index is 0.677. The first kappa shape index (κ1) is 32.5. The van der Waals surface area contributed by atoms with Crippen LogP contribution in [0.1, 0.15) is 0 Å². The summed E-state index contributed by atoms with van der Waals surface area (Å²) in [7, 11) is 0. The molecule has 0 spiro atoms. The van der Waals surface area contributed by atoms with Crippen LogP contribution in [0.15, 0.2) is 192 Å². The van der Waals surface area contributed by atoms with Crippen molar-refractivity contribution in [1.82, 2.24) is 14.5 Å². The van der Waals surface area contributed by atoms with E-state index >= 15 is 0 Å². The van der Waals surface area contributed by atoms with Gasteiger partial charge in [0, 0.05) is 64.1 Å². The van der Waals surface area contributed by atoms with E-state index in [-0.39, 0.29) is 0 Å². The smallest absolute Gasteiger partial charge is 0.160 e. The van der Waals surface area contributed by atoms with Crippen LogP contribution in [0.3, 0.4) is 0 Å². The molecule has 0 fully saturated rings. The maximum atomic E-state index is 6.20. The van der Waals surface area contributed by atoms with Crippen LogP contribution in [0, 0.1) is 0 Å². The first-order valence-corrected chi connectivity index (χ1v) is 20.7. The van der Waals surface area contributed by atoms with Crippen LogP contribution in [0.25, 0.3) is 125 Å². The summed E-state index contributed by atoms with van der Waals surface area (Å²) in [5.74, 6) is 0.677. The van der Waals surface area contributed by atoms with Gasteiger partial charge in [0.1, 0.15) is 11.2 Å². The molecule has 0 unspecified atom stereocenters. The Balaban J connectivity index is 1.00. The van der Waals surface area contributed by atoms with E-state index in [1.165, 1.54) is 63.5 Å². The lowest BCUT2D eigenvalue weighted by Gasteiger charge is -2.12. The number of furan rings is 1. The number of aromatic nitrogens is 3. The molecule has 9 aromatic carbocycles. The van der Waals surface area contributed by atoms with Crippen molar-refractivity contribution in [2.24, 2.45) is 0 Å². The Morgan fingerprint density at radius 3 is 1.64 bits per heavy atom. The topological polar surface area (TPSA) is 43.9 Å². The second-order valence-electron chi connectivity index (χ2n) is 15.3. The van der Waals surface area contributed by atoms with Gasteiger partial charge in [-0.25, -0.2) is 9.97 Å². The molecule has 0 aliphatic carbocycles. The standard InChI is InChI=1S/C54H31N3OS/c1-3-11-38-32(9-1)19-25-46-52(38)53-39-12-4-2-10-33(39)20-26-47(53)57(46)37-23-17-34(18-24-37)54-55-44(35-21-27-49-42(29-35)40-13-5-7-15-48(40)58-49)31-45(56-54)36-22-28-51-43(30-36)41-14-6-8-16-50(41)59-51/h1-31H. The zero-order valence-electron chi connectivity index (χ0n) is 31.6. The fraction of sp³-hybridized carbons (Fsp3) is 0. The zero-order valence-corrected chi connectivity index (χ0v) is 32.4. The highest BCUT2D eigenvalue weighted by atomic mass is 32.1. The number of thiophene rings is 1. The minimum atomic E-state index is 0.677. The number of hydrogen-bond donors (Lipinski definition) is 0. The van der Waals surface area contributed by atoms with E-state index in [1.54, 1.807) is 0 Å². The molecule has 0 N–H and O–H groups in total. The molecule has 13 rings (SSSR count). The highest BCUT2D eigenvalue weighted by molar-refractivity contribution is 7.25. The van der Waals surface area contributed by atoms with Crippen molar-refractivity contribution in [2.45, 2.75) is 0 Å². The van der Waals surface area contributed by atoms with Gasteiger partial charge in [-0.05, 0) is 106 Å². The summed E-state index contributed by atoms with van der Waals surface area (Å²) in [6.07, 6.45) is 0. The van der Waals surface area contributed by atoms with Gasteiger partial charge in [0.15, 0.2) is 5.82 Å². The van der Waals surface area contributed by atoms with Crippen molar-refractivity contribution >= 4 is 96.8 Å². The first-order valence-electron chi connectivity index (χ1n) is 19.9. The molecule has 5 heteroatoms. The third kappa shape index (κ3) is 4.95. The molecule has 13 aromatic rings. The van der Waals surface area contributed by atoms with Gasteiger partial charge in [0.05, 0.1) is 22.4 Å². The van der Waals surface area contributed by atoms with E-state index < -0.39 is 0 Å². The lowest BCUT2D eigenvalue weighted by Crippen LogP contribution is -1.97. The molecule has 59 heavy (non-hydrogen) atoms. The van der Waals surface area contributed by atoms with Crippen molar-refractivity contribution in [3.05, 3.63) is 188 Å². The van der Waals surface area contributed by atoms with Crippen molar-refractivity contribution < 1.29 is 4.42 Å². The monoisotopic (exact) mass is 769 g/mol. The molecule has 4 aromatic heterocycles. The lowest BCUT2D eigenvalue weighted by molar-refractivity contribution is 0.669. The predicted molar refractivity (Wildman–Crippen MR) is 248 cm³/mol. The van der Waals surface area contributed by atoms with Crippen LogP contribution >= 0.6 is 11.3 Å². The van der Waals surface area contributed by atoms with Crippen molar-refractivity contribution in [2.75, 3.05) is 0 Å². The van der Waals surface area contributed by atoms with Crippen LogP contribution < -0.4 is 0 Å². The molecule has 4 heterocycles. The van der Waals surface area contributed by atoms with Gasteiger partial charge in [-0.3, -0.25) is 0 Å². The molecule has 0 saturated heterocycles. The average molecular weight is 770 g/mol. The quantitative estimate of drug-likeness (QED) is 0.179. The third-order valence-corrected chi connectivity index (χ3v) is 13.2. The average Bonchev–Trinajstić information content (AvgIpc) is 3.98. The van der Waals surface area contributed by atoms with E-state index in [4.69, 9.17) is 14.4 Å². The normalized spacial score (nSPS) is 12.1. The van der Waals surface area contributed by atoms with Gasteiger partial charge in [-0.15, -0.1) is 11.3 Å². The zero-order chi connectivity index (χ0) is 38.6. The van der Waals surface area contributed by atoms with Crippen molar-refractivity contribution in [1.29, 1.82) is 0 Å². The highest BCUT2D eigenvalue weighted by Crippen LogP contribution is 2.42. The SMILES string of the molecule is c1ccc2c(c1)ccc1c2c2c3ccccc3ccc2n1-c1ccc(-c2nc(-c3ccc4oc5ccccc5c4c3)cc(-c3ccc4sc5ccccc5c4c3)n2)cc1. The number of nitrogens with zero attached hydrogens (tertiary/aromatic N) is 3. The van der Waals surface area contributed by atoms with Gasteiger partial charge in [-0.2, -0.15) is 0 Å². The lowest BCUT2D eigenvalue weighted by atomic mass is 10.00. The largest absolute Gasteiger partial charge is 0.456 e. The molecule has 0 aliphatic rings. The molecular formula is C54H31N3OS. The maximum absolute atomic E-state index is 6.20. The fourth-order valence-corrected chi connectivity index (χ4v) is 10.3. The Morgan fingerprint density at radius 2 is 0.932 bits per heavy atom. The van der Waals surface area contributed by atoms with Gasteiger partial charge in [0.25, 0.3) is 0 Å². The molecule has 274 valence electrons. The van der Waals surface area contributed by atoms with Crippen LogP contribution in [-0.4, -0.2) is 14.5 Å². The molecule has 4 nitrogen and oxygen atoms in total. The number of benzene rings is 9. The van der Waals surface area contributed by atoms with Gasteiger partial charge in [0.2, 0.25) is 0 Å². The van der Waals surface area contributed by atoms with E-state index in [9.17, 15) is 0 Å². The third-order valence-electron chi connectivity index (χ3n) is 12.0. The summed E-state index contributed by atoms with van der Waals surface area (Å²) < 4.78 is 11.2. The summed E-state index contributed by atoms with van der Waals surface area (Å²) in [6, 6.07) is 67.3. The Kier molecular flexibility index (Phi) is 6.85. The molecule has 0 atom stereocenters.